The quantitative estimate of drug-likeness (QED) is 0.911. The molecule has 112 valence electrons. The van der Waals surface area contributed by atoms with E-state index in [2.05, 4.69) is 34.1 Å². The van der Waals surface area contributed by atoms with E-state index in [-0.39, 0.29) is 12.6 Å². The van der Waals surface area contributed by atoms with E-state index in [0.717, 1.165) is 25.3 Å². The van der Waals surface area contributed by atoms with Crippen molar-refractivity contribution < 1.29 is 9.63 Å². The number of nitrogens with zero attached hydrogens (tertiary/aromatic N) is 3. The average Bonchev–Trinajstić information content (AvgIpc) is 3.16. The summed E-state index contributed by atoms with van der Waals surface area (Å²) in [6.45, 7) is 4.21. The Morgan fingerprint density at radius 3 is 2.90 bits per heavy atom. The Labute approximate surface area is 124 Å². The van der Waals surface area contributed by atoms with Gasteiger partial charge >= 0.3 is 0 Å². The molecule has 2 aromatic rings. The first-order chi connectivity index (χ1) is 10.3. The van der Waals surface area contributed by atoms with Gasteiger partial charge in [-0.15, -0.1) is 0 Å². The van der Waals surface area contributed by atoms with E-state index in [4.69, 9.17) is 4.52 Å². The lowest BCUT2D eigenvalue weighted by Crippen LogP contribution is -2.25. The molecule has 1 aliphatic heterocycles. The first-order valence-electron chi connectivity index (χ1n) is 7.47. The van der Waals surface area contributed by atoms with Crippen molar-refractivity contribution in [3.63, 3.8) is 0 Å². The summed E-state index contributed by atoms with van der Waals surface area (Å²) in [7, 11) is 0. The van der Waals surface area contributed by atoms with E-state index in [1.165, 1.54) is 5.56 Å². The van der Waals surface area contributed by atoms with E-state index in [1.54, 1.807) is 0 Å². The maximum absolute atomic E-state index is 9.23. The maximum Gasteiger partial charge on any atom is 0.243 e. The molecule has 3 rings (SSSR count). The molecular weight excluding hydrogens is 266 g/mol. The van der Waals surface area contributed by atoms with Crippen LogP contribution in [0.2, 0.25) is 0 Å². The second-order valence-electron chi connectivity index (χ2n) is 5.72. The van der Waals surface area contributed by atoms with Crippen molar-refractivity contribution in [2.24, 2.45) is 5.92 Å². The summed E-state index contributed by atoms with van der Waals surface area (Å²) in [6, 6.07) is 10.3. The van der Waals surface area contributed by atoms with Crippen LogP contribution in [0.15, 0.2) is 34.9 Å². The van der Waals surface area contributed by atoms with Crippen molar-refractivity contribution in [3.05, 3.63) is 47.6 Å². The topological polar surface area (TPSA) is 62.4 Å². The molecule has 1 N–H and O–H groups in total. The van der Waals surface area contributed by atoms with Gasteiger partial charge in [0.25, 0.3) is 0 Å². The third-order valence-corrected chi connectivity index (χ3v) is 4.17. The Hall–Kier alpha value is -1.72. The summed E-state index contributed by atoms with van der Waals surface area (Å²) in [5.74, 6) is 1.76. The smallest absolute Gasteiger partial charge is 0.243 e. The molecular formula is C16H21N3O2. The highest BCUT2D eigenvalue weighted by atomic mass is 16.5. The van der Waals surface area contributed by atoms with Crippen LogP contribution in [0.4, 0.5) is 0 Å². The standard InChI is InChI=1S/C16H21N3O2/c1-12(19-8-7-14(10-19)11-20)16-17-15(18-21-16)9-13-5-3-2-4-6-13/h2-6,12,14,20H,7-11H2,1H3. The minimum atomic E-state index is 0.110. The molecule has 2 heterocycles. The molecule has 5 nitrogen and oxygen atoms in total. The van der Waals surface area contributed by atoms with Gasteiger partial charge in [0, 0.05) is 19.6 Å². The van der Waals surface area contributed by atoms with E-state index in [0.29, 0.717) is 18.2 Å². The van der Waals surface area contributed by atoms with Gasteiger partial charge in [-0.3, -0.25) is 4.90 Å². The first kappa shape index (κ1) is 14.2. The number of hydrogen-bond acceptors (Lipinski definition) is 5. The Balaban J connectivity index is 1.64. The van der Waals surface area contributed by atoms with Gasteiger partial charge < -0.3 is 9.63 Å². The van der Waals surface area contributed by atoms with Crippen LogP contribution in [0.25, 0.3) is 0 Å². The summed E-state index contributed by atoms with van der Waals surface area (Å²) in [5.41, 5.74) is 1.18. The van der Waals surface area contributed by atoms with Crippen molar-refractivity contribution in [1.29, 1.82) is 0 Å². The number of hydrogen-bond donors (Lipinski definition) is 1. The van der Waals surface area contributed by atoms with Gasteiger partial charge in [-0.2, -0.15) is 4.98 Å². The normalized spacial score (nSPS) is 20.8. The van der Waals surface area contributed by atoms with Crippen molar-refractivity contribution in [1.82, 2.24) is 15.0 Å². The lowest BCUT2D eigenvalue weighted by atomic mass is 10.1. The molecule has 5 heteroatoms. The number of aromatic nitrogens is 2. The molecule has 0 aliphatic carbocycles. The van der Waals surface area contributed by atoms with Crippen molar-refractivity contribution in [3.8, 4) is 0 Å². The second kappa shape index (κ2) is 6.37. The lowest BCUT2D eigenvalue weighted by Gasteiger charge is -2.20. The Morgan fingerprint density at radius 2 is 2.19 bits per heavy atom. The van der Waals surface area contributed by atoms with Gasteiger partial charge in [0.15, 0.2) is 5.82 Å². The van der Waals surface area contributed by atoms with Crippen LogP contribution in [-0.2, 0) is 6.42 Å². The Morgan fingerprint density at radius 1 is 1.38 bits per heavy atom. The monoisotopic (exact) mass is 287 g/mol. The fraction of sp³-hybridized carbons (Fsp3) is 0.500. The molecule has 0 spiro atoms. The highest BCUT2D eigenvalue weighted by molar-refractivity contribution is 5.18. The van der Waals surface area contributed by atoms with Crippen LogP contribution in [0, 0.1) is 5.92 Å². The highest BCUT2D eigenvalue weighted by Gasteiger charge is 2.29. The summed E-state index contributed by atoms with van der Waals surface area (Å²) in [5, 5.41) is 13.3. The van der Waals surface area contributed by atoms with Gasteiger partial charge in [0.2, 0.25) is 5.89 Å². The molecule has 0 radical (unpaired) electrons. The van der Waals surface area contributed by atoms with Crippen molar-refractivity contribution in [2.45, 2.75) is 25.8 Å². The van der Waals surface area contributed by atoms with Crippen LogP contribution in [0.5, 0.6) is 0 Å². The van der Waals surface area contributed by atoms with E-state index >= 15 is 0 Å². The zero-order chi connectivity index (χ0) is 14.7. The van der Waals surface area contributed by atoms with Crippen LogP contribution in [0.1, 0.15) is 36.7 Å². The summed E-state index contributed by atoms with van der Waals surface area (Å²) in [4.78, 5) is 6.81. The van der Waals surface area contributed by atoms with Gasteiger partial charge in [0.05, 0.1) is 6.04 Å². The predicted molar refractivity (Wildman–Crippen MR) is 78.7 cm³/mol. The minimum Gasteiger partial charge on any atom is -0.396 e. The number of aliphatic hydroxyl groups is 1. The van der Waals surface area contributed by atoms with Gasteiger partial charge in [0.1, 0.15) is 0 Å². The molecule has 1 aromatic heterocycles. The SMILES string of the molecule is CC(c1nc(Cc2ccccc2)no1)N1CCC(CO)C1. The number of benzene rings is 1. The van der Waals surface area contributed by atoms with Crippen LogP contribution in [0.3, 0.4) is 0 Å². The van der Waals surface area contributed by atoms with E-state index in [9.17, 15) is 5.11 Å². The molecule has 0 bridgehead atoms. The predicted octanol–water partition coefficient (Wildman–Crippen LogP) is 2.04. The molecule has 21 heavy (non-hydrogen) atoms. The number of rotatable bonds is 5. The number of aliphatic hydroxyl groups excluding tert-OH is 1. The van der Waals surface area contributed by atoms with Gasteiger partial charge in [-0.05, 0) is 31.4 Å². The minimum absolute atomic E-state index is 0.110. The van der Waals surface area contributed by atoms with E-state index < -0.39 is 0 Å². The molecule has 2 unspecified atom stereocenters. The Bertz CT molecular complexity index is 570. The van der Waals surface area contributed by atoms with Crippen LogP contribution >= 0.6 is 0 Å². The molecule has 1 aliphatic rings. The molecule has 1 saturated heterocycles. The summed E-state index contributed by atoms with van der Waals surface area (Å²) < 4.78 is 5.41. The van der Waals surface area contributed by atoms with Crippen LogP contribution in [-0.4, -0.2) is 39.8 Å². The highest BCUT2D eigenvalue weighted by Crippen LogP contribution is 2.26. The summed E-state index contributed by atoms with van der Waals surface area (Å²) >= 11 is 0. The third-order valence-electron chi connectivity index (χ3n) is 4.17. The molecule has 2 atom stereocenters. The molecule has 1 fully saturated rings. The molecule has 1 aromatic carbocycles. The summed E-state index contributed by atoms with van der Waals surface area (Å²) in [6.07, 6.45) is 1.72. The maximum atomic E-state index is 9.23. The third kappa shape index (κ3) is 3.31. The molecule has 0 amide bonds. The first-order valence-corrected chi connectivity index (χ1v) is 7.47. The van der Waals surface area contributed by atoms with Crippen LogP contribution < -0.4 is 0 Å². The average molecular weight is 287 g/mol. The van der Waals surface area contributed by atoms with Crippen molar-refractivity contribution in [2.75, 3.05) is 19.7 Å². The largest absolute Gasteiger partial charge is 0.396 e. The lowest BCUT2D eigenvalue weighted by molar-refractivity contribution is 0.182. The van der Waals surface area contributed by atoms with Gasteiger partial charge in [-0.25, -0.2) is 0 Å². The van der Waals surface area contributed by atoms with E-state index in [1.807, 2.05) is 18.2 Å². The van der Waals surface area contributed by atoms with Crippen molar-refractivity contribution >= 4 is 0 Å². The Kier molecular flexibility index (Phi) is 4.31. The zero-order valence-corrected chi connectivity index (χ0v) is 12.3. The molecule has 0 saturated carbocycles. The second-order valence-corrected chi connectivity index (χ2v) is 5.72. The van der Waals surface area contributed by atoms with Gasteiger partial charge in [-0.1, -0.05) is 35.5 Å². The fourth-order valence-electron chi connectivity index (χ4n) is 2.81. The number of likely N-dealkylation sites (tertiary alicyclic amines) is 1. The fourth-order valence-corrected chi connectivity index (χ4v) is 2.81. The zero-order valence-electron chi connectivity index (χ0n) is 12.3.